The van der Waals surface area contributed by atoms with Crippen LogP contribution in [-0.2, 0) is 14.9 Å². The Morgan fingerprint density at radius 2 is 1.44 bits per heavy atom. The van der Waals surface area contributed by atoms with Crippen molar-refractivity contribution in [3.8, 4) is 0 Å². The molecule has 2 rings (SSSR count). The first kappa shape index (κ1) is 14.2. The van der Waals surface area contributed by atoms with Gasteiger partial charge in [-0.2, -0.15) is 17.0 Å². The molecule has 0 radical (unpaired) electrons. The Morgan fingerprint density at radius 1 is 0.944 bits per heavy atom. The van der Waals surface area contributed by atoms with Crippen molar-refractivity contribution in [1.29, 1.82) is 0 Å². The Kier molecular flexibility index (Phi) is 4.28. The summed E-state index contributed by atoms with van der Waals surface area (Å²) < 4.78 is 33.8. The normalized spacial score (nSPS) is 33.7. The van der Waals surface area contributed by atoms with Gasteiger partial charge in [-0.3, -0.25) is 0 Å². The summed E-state index contributed by atoms with van der Waals surface area (Å²) >= 11 is 0. The highest BCUT2D eigenvalue weighted by Gasteiger charge is 2.36. The van der Waals surface area contributed by atoms with E-state index >= 15 is 0 Å². The van der Waals surface area contributed by atoms with Crippen molar-refractivity contribution >= 4 is 10.2 Å². The first-order chi connectivity index (χ1) is 8.39. The minimum absolute atomic E-state index is 0.0315. The van der Waals surface area contributed by atoms with E-state index in [1.54, 1.807) is 8.61 Å². The van der Waals surface area contributed by atoms with Gasteiger partial charge in [0.05, 0.1) is 12.2 Å². The topological polar surface area (TPSA) is 53.1 Å². The second-order valence-electron chi connectivity index (χ2n) is 5.28. The van der Waals surface area contributed by atoms with Gasteiger partial charge in [0.2, 0.25) is 0 Å². The lowest BCUT2D eigenvalue weighted by molar-refractivity contribution is -0.0457. The molecule has 0 bridgehead atoms. The molecule has 0 aromatic carbocycles. The van der Waals surface area contributed by atoms with Crippen LogP contribution in [0.15, 0.2) is 0 Å². The summed E-state index contributed by atoms with van der Waals surface area (Å²) in [6.45, 7) is 7.52. The lowest BCUT2D eigenvalue weighted by Crippen LogP contribution is -2.56. The van der Waals surface area contributed by atoms with E-state index in [2.05, 4.69) is 4.90 Å². The van der Waals surface area contributed by atoms with Gasteiger partial charge < -0.3 is 9.64 Å². The summed E-state index contributed by atoms with van der Waals surface area (Å²) in [5.41, 5.74) is 0. The molecule has 2 atom stereocenters. The van der Waals surface area contributed by atoms with E-state index in [9.17, 15) is 8.42 Å². The van der Waals surface area contributed by atoms with E-state index in [4.69, 9.17) is 4.74 Å². The summed E-state index contributed by atoms with van der Waals surface area (Å²) in [6.07, 6.45) is -0.0630. The standard InChI is InChI=1S/C11H23N3O3S/c1-10-8-14(9-11(2)17-10)18(15,16)13-6-4-12(3)5-7-13/h10-11H,4-9H2,1-3H3/t10-,11-/m0/s1. The van der Waals surface area contributed by atoms with Crippen LogP contribution in [0.5, 0.6) is 0 Å². The van der Waals surface area contributed by atoms with Gasteiger partial charge in [-0.1, -0.05) is 0 Å². The molecule has 6 nitrogen and oxygen atoms in total. The molecule has 2 aliphatic rings. The Hall–Kier alpha value is -0.210. The van der Waals surface area contributed by atoms with Crippen LogP contribution < -0.4 is 0 Å². The largest absolute Gasteiger partial charge is 0.373 e. The van der Waals surface area contributed by atoms with Gasteiger partial charge >= 0.3 is 0 Å². The van der Waals surface area contributed by atoms with Gasteiger partial charge in [0.1, 0.15) is 0 Å². The zero-order valence-corrected chi connectivity index (χ0v) is 12.2. The highest BCUT2D eigenvalue weighted by molar-refractivity contribution is 7.86. The van der Waals surface area contributed by atoms with E-state index in [1.807, 2.05) is 20.9 Å². The number of piperazine rings is 1. The molecule has 0 aromatic rings. The van der Waals surface area contributed by atoms with Crippen molar-refractivity contribution in [2.45, 2.75) is 26.1 Å². The molecule has 0 N–H and O–H groups in total. The van der Waals surface area contributed by atoms with E-state index < -0.39 is 10.2 Å². The number of rotatable bonds is 2. The summed E-state index contributed by atoms with van der Waals surface area (Å²) in [5.74, 6) is 0. The van der Waals surface area contributed by atoms with E-state index in [-0.39, 0.29) is 12.2 Å². The lowest BCUT2D eigenvalue weighted by atomic mass is 10.3. The second-order valence-corrected chi connectivity index (χ2v) is 7.21. The van der Waals surface area contributed by atoms with E-state index in [0.29, 0.717) is 26.2 Å². The molecule has 0 aromatic heterocycles. The molecule has 2 heterocycles. The molecular formula is C11H23N3O3S. The van der Waals surface area contributed by atoms with E-state index in [0.717, 1.165) is 13.1 Å². The predicted octanol–water partition coefficient (Wildman–Crippen LogP) is -0.412. The third-order valence-corrected chi connectivity index (χ3v) is 5.47. The van der Waals surface area contributed by atoms with Crippen molar-refractivity contribution < 1.29 is 13.2 Å². The maximum atomic E-state index is 12.5. The number of likely N-dealkylation sites (N-methyl/N-ethyl adjacent to an activating group) is 1. The van der Waals surface area contributed by atoms with Gasteiger partial charge in [-0.05, 0) is 20.9 Å². The van der Waals surface area contributed by atoms with Crippen LogP contribution in [0, 0.1) is 0 Å². The number of hydrogen-bond acceptors (Lipinski definition) is 4. The van der Waals surface area contributed by atoms with Gasteiger partial charge in [-0.15, -0.1) is 0 Å². The summed E-state index contributed by atoms with van der Waals surface area (Å²) in [6, 6.07) is 0. The number of morpholine rings is 1. The summed E-state index contributed by atoms with van der Waals surface area (Å²) in [4.78, 5) is 2.15. The molecule has 2 saturated heterocycles. The summed E-state index contributed by atoms with van der Waals surface area (Å²) in [7, 11) is -1.30. The lowest BCUT2D eigenvalue weighted by Gasteiger charge is -2.39. The highest BCUT2D eigenvalue weighted by atomic mass is 32.2. The second kappa shape index (κ2) is 5.42. The molecule has 0 unspecified atom stereocenters. The number of hydrogen-bond donors (Lipinski definition) is 0. The minimum atomic E-state index is -3.31. The maximum absolute atomic E-state index is 12.5. The van der Waals surface area contributed by atoms with Gasteiger partial charge in [0, 0.05) is 39.3 Å². The van der Waals surface area contributed by atoms with Gasteiger partial charge in [0.25, 0.3) is 10.2 Å². The monoisotopic (exact) mass is 277 g/mol. The van der Waals surface area contributed by atoms with E-state index in [1.165, 1.54) is 0 Å². The fourth-order valence-corrected chi connectivity index (χ4v) is 4.25. The SMILES string of the molecule is C[C@H]1CN(S(=O)(=O)N2CCN(C)CC2)C[C@H](C)O1. The van der Waals surface area contributed by atoms with Gasteiger partial charge in [0.15, 0.2) is 0 Å². The zero-order chi connectivity index (χ0) is 13.3. The van der Waals surface area contributed by atoms with Crippen LogP contribution in [0.3, 0.4) is 0 Å². The van der Waals surface area contributed by atoms with Crippen LogP contribution in [0.25, 0.3) is 0 Å². The van der Waals surface area contributed by atoms with Crippen molar-refractivity contribution in [2.75, 3.05) is 46.3 Å². The molecule has 2 aliphatic heterocycles. The van der Waals surface area contributed by atoms with Crippen LogP contribution in [0.1, 0.15) is 13.8 Å². The molecule has 18 heavy (non-hydrogen) atoms. The van der Waals surface area contributed by atoms with Crippen molar-refractivity contribution in [3.05, 3.63) is 0 Å². The van der Waals surface area contributed by atoms with Gasteiger partial charge in [-0.25, -0.2) is 0 Å². The minimum Gasteiger partial charge on any atom is -0.373 e. The molecule has 0 saturated carbocycles. The molecule has 0 aliphatic carbocycles. The highest BCUT2D eigenvalue weighted by Crippen LogP contribution is 2.18. The Bertz CT molecular complexity index is 369. The third kappa shape index (κ3) is 3.03. The fourth-order valence-electron chi connectivity index (χ4n) is 2.50. The molecular weight excluding hydrogens is 254 g/mol. The maximum Gasteiger partial charge on any atom is 0.282 e. The summed E-state index contributed by atoms with van der Waals surface area (Å²) in [5, 5.41) is 0. The van der Waals surface area contributed by atoms with Crippen LogP contribution in [0.2, 0.25) is 0 Å². The quantitative estimate of drug-likeness (QED) is 0.688. The Labute approximate surface area is 110 Å². The Balaban J connectivity index is 2.06. The average molecular weight is 277 g/mol. The average Bonchev–Trinajstić information content (AvgIpc) is 2.28. The van der Waals surface area contributed by atoms with Crippen LogP contribution in [0.4, 0.5) is 0 Å². The third-order valence-electron chi connectivity index (χ3n) is 3.50. The van der Waals surface area contributed by atoms with Crippen molar-refractivity contribution in [2.24, 2.45) is 0 Å². The van der Waals surface area contributed by atoms with Crippen molar-refractivity contribution in [1.82, 2.24) is 13.5 Å². The van der Waals surface area contributed by atoms with Crippen LogP contribution in [-0.4, -0.2) is 80.5 Å². The smallest absolute Gasteiger partial charge is 0.282 e. The van der Waals surface area contributed by atoms with Crippen LogP contribution >= 0.6 is 0 Å². The Morgan fingerprint density at radius 3 is 1.94 bits per heavy atom. The zero-order valence-electron chi connectivity index (χ0n) is 11.4. The molecule has 0 amide bonds. The first-order valence-electron chi connectivity index (χ1n) is 6.49. The molecule has 7 heteroatoms. The molecule has 2 fully saturated rings. The molecule has 0 spiro atoms. The first-order valence-corrected chi connectivity index (χ1v) is 7.88. The number of ether oxygens (including phenoxy) is 1. The molecule has 106 valence electrons. The fraction of sp³-hybridized carbons (Fsp3) is 1.00. The van der Waals surface area contributed by atoms with Crippen molar-refractivity contribution in [3.63, 3.8) is 0 Å². The number of nitrogens with zero attached hydrogens (tertiary/aromatic N) is 3. The predicted molar refractivity (Wildman–Crippen MR) is 69.6 cm³/mol.